The van der Waals surface area contributed by atoms with Gasteiger partial charge >= 0.3 is 0 Å². The van der Waals surface area contributed by atoms with Crippen LogP contribution in [-0.2, 0) is 11.2 Å². The molecule has 2 aromatic rings. The molecule has 1 aromatic carbocycles. The van der Waals surface area contributed by atoms with Crippen LogP contribution in [0.2, 0.25) is 0 Å². The molecule has 1 fully saturated rings. The summed E-state index contributed by atoms with van der Waals surface area (Å²) in [5.41, 5.74) is -0.242. The molecule has 0 aliphatic heterocycles. The van der Waals surface area contributed by atoms with E-state index in [0.717, 1.165) is 6.07 Å². The van der Waals surface area contributed by atoms with Crippen LogP contribution in [0.4, 0.5) is 24.5 Å². The number of amides is 1. The second-order valence-electron chi connectivity index (χ2n) is 6.88. The quantitative estimate of drug-likeness (QED) is 0.815. The number of pyridine rings is 1. The third-order valence-corrected chi connectivity index (χ3v) is 5.38. The molecule has 0 saturated heterocycles. The molecule has 1 saturated carbocycles. The number of halogens is 3. The molecule has 1 heterocycles. The molecule has 2 N–H and O–H groups in total. The van der Waals surface area contributed by atoms with E-state index in [1.54, 1.807) is 0 Å². The predicted molar refractivity (Wildman–Crippen MR) is 97.9 cm³/mol. The Hall–Kier alpha value is -3.08. The number of nitrogens with zero attached hydrogens (tertiary/aromatic N) is 2. The average molecular weight is 388 g/mol. The second kappa shape index (κ2) is 6.82. The molecule has 28 heavy (non-hydrogen) atoms. The number of nitrogens with one attached hydrogen (secondary N) is 2. The first-order valence-corrected chi connectivity index (χ1v) is 8.75. The van der Waals surface area contributed by atoms with Gasteiger partial charge in [0, 0.05) is 13.2 Å². The number of carbonyl (C=O) groups excluding carboxylic acids is 1. The van der Waals surface area contributed by atoms with Gasteiger partial charge in [0.1, 0.15) is 17.3 Å². The lowest BCUT2D eigenvalue weighted by molar-refractivity contribution is -0.128. The summed E-state index contributed by atoms with van der Waals surface area (Å²) in [7, 11) is 1.29. The molecule has 1 amide bonds. The van der Waals surface area contributed by atoms with Crippen molar-refractivity contribution in [3.8, 4) is 6.07 Å². The highest BCUT2D eigenvalue weighted by Crippen LogP contribution is 2.71. The molecule has 0 bridgehead atoms. The van der Waals surface area contributed by atoms with E-state index in [1.165, 1.54) is 38.5 Å². The lowest BCUT2D eigenvalue weighted by Gasteiger charge is -2.13. The van der Waals surface area contributed by atoms with E-state index in [4.69, 9.17) is 5.26 Å². The minimum Gasteiger partial charge on any atom is -0.358 e. The number of nitriles is 1. The van der Waals surface area contributed by atoms with Crippen molar-refractivity contribution in [2.24, 2.45) is 5.41 Å². The minimum atomic E-state index is -3.26. The van der Waals surface area contributed by atoms with Gasteiger partial charge in [-0.1, -0.05) is 13.0 Å². The summed E-state index contributed by atoms with van der Waals surface area (Å²) >= 11 is 0. The molecule has 5 nitrogen and oxygen atoms in total. The predicted octanol–water partition coefficient (Wildman–Crippen LogP) is 3.88. The molecule has 1 aliphatic rings. The molecule has 2 unspecified atom stereocenters. The van der Waals surface area contributed by atoms with Crippen molar-refractivity contribution < 1.29 is 18.0 Å². The van der Waals surface area contributed by atoms with Crippen molar-refractivity contribution in [2.75, 3.05) is 12.4 Å². The number of hydrogen-bond donors (Lipinski definition) is 2. The van der Waals surface area contributed by atoms with Crippen molar-refractivity contribution in [1.82, 2.24) is 10.3 Å². The topological polar surface area (TPSA) is 77.8 Å². The number of alkyl halides is 2. The first-order chi connectivity index (χ1) is 13.2. The smallest absolute Gasteiger partial charge is 0.270 e. The monoisotopic (exact) mass is 388 g/mol. The number of anilines is 2. The van der Waals surface area contributed by atoms with Gasteiger partial charge in [-0.05, 0) is 36.6 Å². The van der Waals surface area contributed by atoms with E-state index in [9.17, 15) is 18.0 Å². The van der Waals surface area contributed by atoms with Crippen molar-refractivity contribution in [3.05, 3.63) is 53.1 Å². The Bertz CT molecular complexity index is 986. The van der Waals surface area contributed by atoms with Crippen LogP contribution in [0.3, 0.4) is 0 Å². The van der Waals surface area contributed by atoms with Gasteiger partial charge in [0.05, 0.1) is 29.1 Å². The molecule has 2 atom stereocenters. The van der Waals surface area contributed by atoms with Gasteiger partial charge in [0.25, 0.3) is 5.92 Å². The highest BCUT2D eigenvalue weighted by atomic mass is 19.3. The van der Waals surface area contributed by atoms with E-state index < -0.39 is 29.0 Å². The van der Waals surface area contributed by atoms with Crippen molar-refractivity contribution in [1.29, 1.82) is 5.26 Å². The Morgan fingerprint density at radius 3 is 2.61 bits per heavy atom. The fourth-order valence-corrected chi connectivity index (χ4v) is 3.65. The average Bonchev–Trinajstić information content (AvgIpc) is 3.15. The normalized spacial score (nSPS) is 22.2. The van der Waals surface area contributed by atoms with E-state index in [1.807, 2.05) is 13.0 Å². The third kappa shape index (κ3) is 2.78. The van der Waals surface area contributed by atoms with Crippen molar-refractivity contribution in [2.45, 2.75) is 32.1 Å². The summed E-state index contributed by atoms with van der Waals surface area (Å²) in [4.78, 5) is 15.9. The van der Waals surface area contributed by atoms with Gasteiger partial charge < -0.3 is 10.6 Å². The molecule has 0 spiro atoms. The first-order valence-electron chi connectivity index (χ1n) is 8.75. The van der Waals surface area contributed by atoms with Crippen LogP contribution in [-0.4, -0.2) is 23.9 Å². The van der Waals surface area contributed by atoms with Gasteiger partial charge in [-0.25, -0.2) is 13.2 Å². The van der Waals surface area contributed by atoms with Crippen LogP contribution in [0.1, 0.15) is 36.5 Å². The van der Waals surface area contributed by atoms with Crippen LogP contribution in [0.15, 0.2) is 30.6 Å². The summed E-state index contributed by atoms with van der Waals surface area (Å²) in [6.45, 7) is 3.03. The zero-order valence-corrected chi connectivity index (χ0v) is 15.6. The Morgan fingerprint density at radius 1 is 1.32 bits per heavy atom. The fourth-order valence-electron chi connectivity index (χ4n) is 3.65. The largest absolute Gasteiger partial charge is 0.358 e. The Balaban J connectivity index is 1.91. The lowest BCUT2D eigenvalue weighted by atomic mass is 9.99. The van der Waals surface area contributed by atoms with Crippen LogP contribution >= 0.6 is 0 Å². The first kappa shape index (κ1) is 19.7. The van der Waals surface area contributed by atoms with E-state index in [-0.39, 0.29) is 11.3 Å². The van der Waals surface area contributed by atoms with E-state index >= 15 is 0 Å². The summed E-state index contributed by atoms with van der Waals surface area (Å²) in [5, 5.41) is 14.3. The van der Waals surface area contributed by atoms with Crippen molar-refractivity contribution >= 4 is 17.3 Å². The van der Waals surface area contributed by atoms with E-state index in [2.05, 4.69) is 15.6 Å². The number of rotatable bonds is 5. The molecular formula is C20H19F3N4O. The van der Waals surface area contributed by atoms with Crippen LogP contribution in [0.25, 0.3) is 0 Å². The standard InChI is InChI=1S/C20H19F3N4O/c1-4-13-12(8-24)9-26-10-16(13)27-15-6-5-11(7-14(15)21)17-19(2,18(28)25-3)20(17,22)23/h5-7,9-10,17,27H,4H2,1-3H3,(H,25,28). The fraction of sp³-hybridized carbons (Fsp3) is 0.350. The molecule has 8 heteroatoms. The Morgan fingerprint density at radius 2 is 2.04 bits per heavy atom. The molecular weight excluding hydrogens is 369 g/mol. The number of aromatic nitrogens is 1. The van der Waals surface area contributed by atoms with Crippen LogP contribution < -0.4 is 10.6 Å². The number of benzene rings is 1. The highest BCUT2D eigenvalue weighted by molar-refractivity contribution is 5.89. The third-order valence-electron chi connectivity index (χ3n) is 5.38. The second-order valence-corrected chi connectivity index (χ2v) is 6.88. The van der Waals surface area contributed by atoms with Gasteiger partial charge in [-0.2, -0.15) is 5.26 Å². The summed E-state index contributed by atoms with van der Waals surface area (Å²) in [6.07, 6.45) is 3.44. The zero-order valence-electron chi connectivity index (χ0n) is 15.6. The number of carbonyl (C=O) groups is 1. The Kier molecular flexibility index (Phi) is 4.79. The molecule has 0 radical (unpaired) electrons. The van der Waals surface area contributed by atoms with Crippen molar-refractivity contribution in [3.63, 3.8) is 0 Å². The molecule has 1 aliphatic carbocycles. The van der Waals surface area contributed by atoms with Gasteiger partial charge in [0.15, 0.2) is 0 Å². The van der Waals surface area contributed by atoms with Gasteiger partial charge in [-0.15, -0.1) is 0 Å². The van der Waals surface area contributed by atoms with E-state index in [0.29, 0.717) is 23.2 Å². The summed E-state index contributed by atoms with van der Waals surface area (Å²) in [5.74, 6) is -6.16. The zero-order chi connectivity index (χ0) is 20.7. The minimum absolute atomic E-state index is 0.0544. The van der Waals surface area contributed by atoms with Gasteiger partial charge in [0.2, 0.25) is 5.91 Å². The highest BCUT2D eigenvalue weighted by Gasteiger charge is 2.82. The maximum absolute atomic E-state index is 14.6. The summed E-state index contributed by atoms with van der Waals surface area (Å²) < 4.78 is 43.2. The van der Waals surface area contributed by atoms with Crippen LogP contribution in [0.5, 0.6) is 0 Å². The molecule has 3 rings (SSSR count). The lowest BCUT2D eigenvalue weighted by Crippen LogP contribution is -2.31. The van der Waals surface area contributed by atoms with Crippen LogP contribution in [0, 0.1) is 22.6 Å². The summed E-state index contributed by atoms with van der Waals surface area (Å²) in [6, 6.07) is 5.78. The molecule has 1 aromatic heterocycles. The maximum Gasteiger partial charge on any atom is 0.270 e. The SMILES string of the molecule is CCc1c(C#N)cncc1Nc1ccc(C2C(F)(F)C2(C)C(=O)NC)cc1F. The maximum atomic E-state index is 14.6. The Labute approximate surface area is 160 Å². The molecule has 146 valence electrons. The number of hydrogen-bond acceptors (Lipinski definition) is 4. The van der Waals surface area contributed by atoms with Gasteiger partial charge in [-0.3, -0.25) is 9.78 Å².